The third-order valence-corrected chi connectivity index (χ3v) is 5.12. The van der Waals surface area contributed by atoms with Crippen LogP contribution in [0.15, 0.2) is 29.4 Å². The normalized spacial score (nSPS) is 10.2. The number of amides is 4. The number of nitrogens with one attached hydrogen (secondary N) is 2. The first-order chi connectivity index (χ1) is 17.6. The molecule has 0 aliphatic carbocycles. The molecule has 0 aromatic heterocycles. The molecule has 210 valence electrons. The number of primary amides is 2. The largest absolute Gasteiger partial charge is 0.370 e. The minimum Gasteiger partial charge on any atom is -0.370 e. The van der Waals surface area contributed by atoms with Crippen LogP contribution < -0.4 is 22.2 Å². The number of nitrogens with zero attached hydrogens (tertiary/aromatic N) is 1. The summed E-state index contributed by atoms with van der Waals surface area (Å²) in [6.07, 6.45) is 8.93. The topological polar surface area (TPSA) is 157 Å². The predicted octanol–water partition coefficient (Wildman–Crippen LogP) is 4.75. The molecule has 9 heteroatoms. The maximum atomic E-state index is 11.8. The quantitative estimate of drug-likeness (QED) is 0.141. The summed E-state index contributed by atoms with van der Waals surface area (Å²) >= 11 is 0. The number of carbonyl (C=O) groups excluding carboxylic acids is 4. The van der Waals surface area contributed by atoms with Gasteiger partial charge in [-0.1, -0.05) is 57.9 Å². The van der Waals surface area contributed by atoms with Crippen molar-refractivity contribution in [2.75, 3.05) is 6.54 Å². The van der Waals surface area contributed by atoms with Crippen molar-refractivity contribution in [3.8, 4) is 0 Å². The van der Waals surface area contributed by atoms with Gasteiger partial charge in [0.05, 0.1) is 5.71 Å². The average Bonchev–Trinajstić information content (AvgIpc) is 2.86. The highest BCUT2D eigenvalue weighted by Gasteiger charge is 2.03. The van der Waals surface area contributed by atoms with Gasteiger partial charge in [-0.3, -0.25) is 9.59 Å². The molecule has 0 saturated heterocycles. The molecule has 6 N–H and O–H groups in total. The number of hydrazone groups is 1. The second-order valence-corrected chi connectivity index (χ2v) is 8.51. The number of hydrogen-bond donors (Lipinski definition) is 4. The molecule has 0 fully saturated rings. The van der Waals surface area contributed by atoms with Crippen LogP contribution in [0.2, 0.25) is 0 Å². The zero-order valence-electron chi connectivity index (χ0n) is 23.5. The van der Waals surface area contributed by atoms with E-state index in [9.17, 15) is 19.2 Å². The minimum atomic E-state index is -0.559. The Labute approximate surface area is 223 Å². The Balaban J connectivity index is 0. The lowest BCUT2D eigenvalue weighted by Crippen LogP contribution is -2.30. The van der Waals surface area contributed by atoms with Crippen LogP contribution in [0.4, 0.5) is 4.79 Å². The molecule has 0 atom stereocenters. The van der Waals surface area contributed by atoms with Crippen molar-refractivity contribution in [3.63, 3.8) is 0 Å². The van der Waals surface area contributed by atoms with Crippen LogP contribution >= 0.6 is 0 Å². The molecule has 0 unspecified atom stereocenters. The fraction of sp³-hybridized carbons (Fsp3) is 0.607. The number of hydrogen-bond acceptors (Lipinski definition) is 5. The maximum absolute atomic E-state index is 11.8. The molecule has 0 saturated carbocycles. The van der Waals surface area contributed by atoms with E-state index in [1.54, 1.807) is 6.92 Å². The molecule has 37 heavy (non-hydrogen) atoms. The van der Waals surface area contributed by atoms with Gasteiger partial charge < -0.3 is 21.6 Å². The maximum Gasteiger partial charge on any atom is 0.312 e. The van der Waals surface area contributed by atoms with Crippen molar-refractivity contribution < 1.29 is 19.2 Å². The van der Waals surface area contributed by atoms with E-state index in [1.165, 1.54) is 18.4 Å². The van der Waals surface area contributed by atoms with E-state index in [-0.39, 0.29) is 11.8 Å². The Morgan fingerprint density at radius 1 is 0.811 bits per heavy atom. The van der Waals surface area contributed by atoms with Gasteiger partial charge in [-0.25, -0.2) is 10.2 Å². The summed E-state index contributed by atoms with van der Waals surface area (Å²) in [6, 6.07) is 7.41. The van der Waals surface area contributed by atoms with Crippen molar-refractivity contribution in [3.05, 3.63) is 35.4 Å². The Morgan fingerprint density at radius 3 is 1.95 bits per heavy atom. The summed E-state index contributed by atoms with van der Waals surface area (Å²) in [5.74, 6) is -0.112. The minimum absolute atomic E-state index is 0.167. The van der Waals surface area contributed by atoms with E-state index in [1.807, 2.05) is 45.0 Å². The van der Waals surface area contributed by atoms with Crippen molar-refractivity contribution in [1.29, 1.82) is 0 Å². The van der Waals surface area contributed by atoms with E-state index in [4.69, 9.17) is 11.5 Å². The van der Waals surface area contributed by atoms with Gasteiger partial charge in [0.15, 0.2) is 0 Å². The summed E-state index contributed by atoms with van der Waals surface area (Å²) in [6.45, 7) is 10.1. The van der Waals surface area contributed by atoms with Crippen LogP contribution in [0.1, 0.15) is 110 Å². The SMILES string of the molecule is C/C(=N\NC(=O)CCCCNC(N)=O)c1ccc(CCCCC(N)=O)cc1.CC.CCCCCC(C)=O. The molecule has 0 aliphatic rings. The van der Waals surface area contributed by atoms with Gasteiger partial charge in [0.2, 0.25) is 11.8 Å². The van der Waals surface area contributed by atoms with Crippen molar-refractivity contribution in [2.24, 2.45) is 16.6 Å². The number of unbranched alkanes of at least 4 members (excludes halogenated alkanes) is 4. The lowest BCUT2D eigenvalue weighted by Gasteiger charge is -2.05. The molecule has 0 radical (unpaired) electrons. The number of carbonyl (C=O) groups is 4. The van der Waals surface area contributed by atoms with Crippen LogP contribution in [-0.2, 0) is 20.8 Å². The molecule has 0 bridgehead atoms. The molecular weight excluding hydrogens is 470 g/mol. The smallest absolute Gasteiger partial charge is 0.312 e. The number of benzene rings is 1. The number of ketones is 1. The number of nitrogens with two attached hydrogens (primary N) is 2. The lowest BCUT2D eigenvalue weighted by molar-refractivity contribution is -0.121. The number of aryl methyl sites for hydroxylation is 1. The van der Waals surface area contributed by atoms with Gasteiger partial charge in [0.1, 0.15) is 5.78 Å². The number of Topliss-reactive ketones (excluding diaryl/α,β-unsaturated/α-hetero) is 1. The molecule has 1 aromatic rings. The van der Waals surface area contributed by atoms with Crippen molar-refractivity contribution >= 4 is 29.3 Å². The number of rotatable bonds is 16. The molecular formula is C28H49N5O4. The monoisotopic (exact) mass is 519 g/mol. The third-order valence-electron chi connectivity index (χ3n) is 5.12. The van der Waals surface area contributed by atoms with E-state index >= 15 is 0 Å². The van der Waals surface area contributed by atoms with Crippen LogP contribution in [0.5, 0.6) is 0 Å². The van der Waals surface area contributed by atoms with Crippen LogP contribution in [-0.4, -0.2) is 35.9 Å². The van der Waals surface area contributed by atoms with E-state index in [0.29, 0.717) is 38.0 Å². The van der Waals surface area contributed by atoms with Crippen LogP contribution in [0.3, 0.4) is 0 Å². The standard InChI is InChI=1S/C19H29N5O3.C7H14O.C2H6/c1-14(23-24-18(26)8-4-5-13-22-19(21)27)16-11-9-15(10-12-16)6-2-3-7-17(20)25;1-3-4-5-6-7(2)8;1-2/h9-12H,2-8,13H2,1H3,(H2,20,25)(H,24,26)(H3,21,22,27);3-6H2,1-2H3;1-2H3/b23-14+;;. The number of urea groups is 1. The Morgan fingerprint density at radius 2 is 1.41 bits per heavy atom. The summed E-state index contributed by atoms with van der Waals surface area (Å²) in [5, 5.41) is 6.60. The highest BCUT2D eigenvalue weighted by Crippen LogP contribution is 2.10. The predicted molar refractivity (Wildman–Crippen MR) is 151 cm³/mol. The first-order valence-electron chi connectivity index (χ1n) is 13.4. The molecule has 4 amide bonds. The first kappa shape index (κ1) is 35.9. The highest BCUT2D eigenvalue weighted by molar-refractivity contribution is 5.99. The fourth-order valence-corrected chi connectivity index (χ4v) is 3.05. The van der Waals surface area contributed by atoms with E-state index < -0.39 is 6.03 Å². The molecule has 9 nitrogen and oxygen atoms in total. The van der Waals surface area contributed by atoms with Crippen molar-refractivity contribution in [1.82, 2.24) is 10.7 Å². The second-order valence-electron chi connectivity index (χ2n) is 8.51. The van der Waals surface area contributed by atoms with Gasteiger partial charge in [0.25, 0.3) is 0 Å². The Kier molecular flexibility index (Phi) is 23.8. The fourth-order valence-electron chi connectivity index (χ4n) is 3.05. The van der Waals surface area contributed by atoms with Crippen LogP contribution in [0, 0.1) is 0 Å². The van der Waals surface area contributed by atoms with Gasteiger partial charge in [0, 0.05) is 25.8 Å². The van der Waals surface area contributed by atoms with E-state index in [0.717, 1.165) is 43.4 Å². The summed E-state index contributed by atoms with van der Waals surface area (Å²) < 4.78 is 0. The van der Waals surface area contributed by atoms with Crippen molar-refractivity contribution in [2.45, 2.75) is 105 Å². The zero-order valence-corrected chi connectivity index (χ0v) is 23.5. The third kappa shape index (κ3) is 24.2. The second kappa shape index (κ2) is 24.5. The Hall–Kier alpha value is -3.23. The molecule has 0 spiro atoms. The zero-order chi connectivity index (χ0) is 28.5. The summed E-state index contributed by atoms with van der Waals surface area (Å²) in [4.78, 5) is 43.3. The van der Waals surface area contributed by atoms with Crippen LogP contribution in [0.25, 0.3) is 0 Å². The Bertz CT molecular complexity index is 807. The lowest BCUT2D eigenvalue weighted by atomic mass is 10.0. The summed E-state index contributed by atoms with van der Waals surface area (Å²) in [5.41, 5.74) is 15.5. The van der Waals surface area contributed by atoms with Gasteiger partial charge in [-0.2, -0.15) is 5.10 Å². The first-order valence-corrected chi connectivity index (χ1v) is 13.4. The van der Waals surface area contributed by atoms with E-state index in [2.05, 4.69) is 22.8 Å². The summed E-state index contributed by atoms with van der Waals surface area (Å²) in [7, 11) is 0. The average molecular weight is 520 g/mol. The highest BCUT2D eigenvalue weighted by atomic mass is 16.2. The van der Waals surface area contributed by atoms with Gasteiger partial charge in [-0.15, -0.1) is 0 Å². The molecule has 0 aliphatic heterocycles. The molecule has 0 heterocycles. The molecule has 1 aromatic carbocycles. The van der Waals surface area contributed by atoms with Gasteiger partial charge >= 0.3 is 6.03 Å². The van der Waals surface area contributed by atoms with Gasteiger partial charge in [-0.05, 0) is 63.5 Å². The molecule has 1 rings (SSSR count).